The van der Waals surface area contributed by atoms with E-state index in [1.807, 2.05) is 62.4 Å². The quantitative estimate of drug-likeness (QED) is 0.409. The number of ether oxygens (including phenoxy) is 1. The zero-order valence-electron chi connectivity index (χ0n) is 22.4. The van der Waals surface area contributed by atoms with Crippen LogP contribution in [0.4, 0.5) is 11.4 Å². The highest BCUT2D eigenvalue weighted by molar-refractivity contribution is 6.35. The van der Waals surface area contributed by atoms with E-state index in [9.17, 15) is 14.4 Å². The Morgan fingerprint density at radius 1 is 1.05 bits per heavy atom. The summed E-state index contributed by atoms with van der Waals surface area (Å²) in [4.78, 5) is 46.1. The number of ketones is 1. The molecule has 0 aliphatic carbocycles. The smallest absolute Gasteiger partial charge is 0.251 e. The molecule has 0 saturated carbocycles. The van der Waals surface area contributed by atoms with E-state index in [4.69, 9.17) is 16.3 Å². The standard InChI is InChI=1S/C32H30ClN3O4/c1-3-14-40-20-9-6-8-19(17-20)28(37)26-25-12-7-13-36(25)32(22-15-18(2)16-23(33)27(22)35-30(32)39)31(26)21-10-4-5-11-24(21)34-29(31)38/h4-6,8-11,15-17,25-26H,3,7,12-14H2,1-2H3,(H,34,38)(H,35,39). The van der Waals surface area contributed by atoms with Crippen molar-refractivity contribution in [1.82, 2.24) is 4.90 Å². The maximum absolute atomic E-state index is 14.8. The molecule has 40 heavy (non-hydrogen) atoms. The van der Waals surface area contributed by atoms with Crippen LogP contribution in [0.25, 0.3) is 0 Å². The van der Waals surface area contributed by atoms with Crippen molar-refractivity contribution in [1.29, 1.82) is 0 Å². The van der Waals surface area contributed by atoms with Crippen LogP contribution >= 0.6 is 11.6 Å². The van der Waals surface area contributed by atoms with Gasteiger partial charge in [0.1, 0.15) is 16.7 Å². The first-order chi connectivity index (χ1) is 19.3. The highest BCUT2D eigenvalue weighted by Crippen LogP contribution is 2.68. The third kappa shape index (κ3) is 3.02. The van der Waals surface area contributed by atoms with E-state index in [1.165, 1.54) is 0 Å². The second-order valence-electron chi connectivity index (χ2n) is 11.3. The molecule has 4 atom stereocenters. The first-order valence-electron chi connectivity index (χ1n) is 13.9. The summed E-state index contributed by atoms with van der Waals surface area (Å²) in [5.74, 6) is -1.01. The van der Waals surface area contributed by atoms with Gasteiger partial charge in [0.15, 0.2) is 5.78 Å². The molecule has 3 aromatic rings. The largest absolute Gasteiger partial charge is 0.494 e. The molecule has 8 heteroatoms. The lowest BCUT2D eigenvalue weighted by Gasteiger charge is -2.43. The normalized spacial score (nSPS) is 28.0. The fraction of sp³-hybridized carbons (Fsp3) is 0.344. The number of benzene rings is 3. The topological polar surface area (TPSA) is 87.7 Å². The zero-order valence-corrected chi connectivity index (χ0v) is 23.2. The Hall–Kier alpha value is -3.68. The Morgan fingerprint density at radius 2 is 1.88 bits per heavy atom. The van der Waals surface area contributed by atoms with Crippen LogP contribution < -0.4 is 15.4 Å². The highest BCUT2D eigenvalue weighted by Gasteiger charge is 2.81. The molecule has 7 rings (SSSR count). The monoisotopic (exact) mass is 555 g/mol. The van der Waals surface area contributed by atoms with Gasteiger partial charge in [-0.25, -0.2) is 0 Å². The SMILES string of the molecule is CCCOc1cccc(C(=O)C2C3CCCN3C3(C(=O)Nc4c(Cl)cc(C)cc43)C23C(=O)Nc2ccccc23)c1. The van der Waals surface area contributed by atoms with Crippen molar-refractivity contribution in [3.8, 4) is 5.75 Å². The minimum atomic E-state index is -1.50. The Bertz CT molecular complexity index is 1600. The number of nitrogens with zero attached hydrogens (tertiary/aromatic N) is 1. The summed E-state index contributed by atoms with van der Waals surface area (Å²) in [7, 11) is 0. The molecule has 0 radical (unpaired) electrons. The van der Waals surface area contributed by atoms with Gasteiger partial charge in [-0.3, -0.25) is 19.3 Å². The molecule has 4 aliphatic heterocycles. The summed E-state index contributed by atoms with van der Waals surface area (Å²) < 4.78 is 5.85. The van der Waals surface area contributed by atoms with Crippen molar-refractivity contribution in [2.45, 2.75) is 50.1 Å². The van der Waals surface area contributed by atoms with E-state index in [0.717, 1.165) is 18.4 Å². The number of hydrogen-bond donors (Lipinski definition) is 2. The van der Waals surface area contributed by atoms with E-state index in [2.05, 4.69) is 15.5 Å². The van der Waals surface area contributed by atoms with E-state index in [-0.39, 0.29) is 23.6 Å². The lowest BCUT2D eigenvalue weighted by Crippen LogP contribution is -2.62. The van der Waals surface area contributed by atoms with Crippen molar-refractivity contribution in [2.75, 3.05) is 23.8 Å². The van der Waals surface area contributed by atoms with Gasteiger partial charge in [-0.15, -0.1) is 0 Å². The maximum atomic E-state index is 14.8. The van der Waals surface area contributed by atoms with Gasteiger partial charge in [-0.2, -0.15) is 0 Å². The predicted octanol–water partition coefficient (Wildman–Crippen LogP) is 5.45. The zero-order chi connectivity index (χ0) is 27.8. The maximum Gasteiger partial charge on any atom is 0.251 e. The molecule has 3 aromatic carbocycles. The number of nitrogens with one attached hydrogen (secondary N) is 2. The van der Waals surface area contributed by atoms with Gasteiger partial charge in [0.2, 0.25) is 5.91 Å². The minimum absolute atomic E-state index is 0.164. The van der Waals surface area contributed by atoms with Gasteiger partial charge < -0.3 is 15.4 Å². The number of carbonyl (C=O) groups is 3. The van der Waals surface area contributed by atoms with Gasteiger partial charge in [0, 0.05) is 22.9 Å². The van der Waals surface area contributed by atoms with E-state index < -0.39 is 16.9 Å². The lowest BCUT2D eigenvalue weighted by molar-refractivity contribution is -0.137. The minimum Gasteiger partial charge on any atom is -0.494 e. The van der Waals surface area contributed by atoms with Crippen LogP contribution in [0.5, 0.6) is 5.75 Å². The summed E-state index contributed by atoms with van der Waals surface area (Å²) in [6.07, 6.45) is 2.36. The molecule has 2 fully saturated rings. The molecule has 2 saturated heterocycles. The number of Topliss-reactive ketones (excluding diaryl/α,β-unsaturated/α-hetero) is 1. The molecular formula is C32H30ClN3O4. The highest BCUT2D eigenvalue weighted by atomic mass is 35.5. The van der Waals surface area contributed by atoms with Gasteiger partial charge in [0.25, 0.3) is 5.91 Å². The Labute approximate surface area is 237 Å². The molecule has 4 heterocycles. The average molecular weight is 556 g/mol. The molecule has 4 unspecified atom stereocenters. The number of amides is 2. The van der Waals surface area contributed by atoms with Gasteiger partial charge in [-0.05, 0) is 68.1 Å². The van der Waals surface area contributed by atoms with Crippen LogP contribution in [0, 0.1) is 12.8 Å². The van der Waals surface area contributed by atoms with Crippen LogP contribution in [0.15, 0.2) is 60.7 Å². The van der Waals surface area contributed by atoms with E-state index in [0.29, 0.717) is 58.4 Å². The van der Waals surface area contributed by atoms with Crippen LogP contribution in [0.1, 0.15) is 53.2 Å². The average Bonchev–Trinajstić information content (AvgIpc) is 3.66. The van der Waals surface area contributed by atoms with Crippen LogP contribution in [-0.4, -0.2) is 41.7 Å². The third-order valence-electron chi connectivity index (χ3n) is 9.18. The molecule has 0 aromatic heterocycles. The molecule has 2 N–H and O–H groups in total. The van der Waals surface area contributed by atoms with Crippen molar-refractivity contribution < 1.29 is 19.1 Å². The molecular weight excluding hydrogens is 526 g/mol. The first kappa shape index (κ1) is 25.3. The van der Waals surface area contributed by atoms with Crippen LogP contribution in [0.2, 0.25) is 5.02 Å². The van der Waals surface area contributed by atoms with Crippen molar-refractivity contribution in [2.24, 2.45) is 5.92 Å². The molecule has 0 bridgehead atoms. The number of rotatable bonds is 5. The third-order valence-corrected chi connectivity index (χ3v) is 9.47. The molecule has 7 nitrogen and oxygen atoms in total. The van der Waals surface area contributed by atoms with Crippen molar-refractivity contribution in [3.63, 3.8) is 0 Å². The van der Waals surface area contributed by atoms with E-state index in [1.54, 1.807) is 12.1 Å². The lowest BCUT2D eigenvalue weighted by atomic mass is 9.57. The Balaban J connectivity index is 1.53. The fourth-order valence-corrected chi connectivity index (χ4v) is 8.23. The number of carbonyl (C=O) groups excluding carboxylic acids is 3. The summed E-state index contributed by atoms with van der Waals surface area (Å²) in [5.41, 5.74) is 0.898. The second kappa shape index (κ2) is 8.91. The summed E-state index contributed by atoms with van der Waals surface area (Å²) in [6.45, 7) is 5.08. The second-order valence-corrected chi connectivity index (χ2v) is 11.7. The number of aryl methyl sites for hydroxylation is 1. The van der Waals surface area contributed by atoms with Crippen molar-refractivity contribution >= 4 is 40.6 Å². The number of para-hydroxylation sites is 1. The van der Waals surface area contributed by atoms with Crippen molar-refractivity contribution in [3.05, 3.63) is 87.9 Å². The van der Waals surface area contributed by atoms with Crippen LogP contribution in [-0.2, 0) is 20.5 Å². The van der Waals surface area contributed by atoms with Gasteiger partial charge in [0.05, 0.1) is 23.2 Å². The van der Waals surface area contributed by atoms with Gasteiger partial charge in [-0.1, -0.05) is 54.9 Å². The summed E-state index contributed by atoms with van der Waals surface area (Å²) >= 11 is 6.72. The first-order valence-corrected chi connectivity index (χ1v) is 14.3. The molecule has 2 amide bonds. The molecule has 204 valence electrons. The number of halogens is 1. The van der Waals surface area contributed by atoms with Gasteiger partial charge >= 0.3 is 0 Å². The Kier molecular flexibility index (Phi) is 5.64. The molecule has 2 spiro atoms. The van der Waals surface area contributed by atoms with Crippen LogP contribution in [0.3, 0.4) is 0 Å². The Morgan fingerprint density at radius 3 is 2.70 bits per heavy atom. The summed E-state index contributed by atoms with van der Waals surface area (Å²) in [6, 6.07) is 18.1. The number of fused-ring (bicyclic) bond motifs is 7. The van der Waals surface area contributed by atoms with E-state index >= 15 is 0 Å². The molecule has 4 aliphatic rings. The summed E-state index contributed by atoms with van der Waals surface area (Å²) in [5, 5.41) is 6.54. The predicted molar refractivity (Wildman–Crippen MR) is 153 cm³/mol. The number of anilines is 2. The fourth-order valence-electron chi connectivity index (χ4n) is 7.91. The number of hydrogen-bond acceptors (Lipinski definition) is 5.